The molecule has 192 valence electrons. The molecular weight excluding hydrogens is 486 g/mol. The number of carbonyl (C=O) groups is 1. The van der Waals surface area contributed by atoms with Crippen LogP contribution in [-0.4, -0.2) is 53.3 Å². The standard InChI is InChI=1S/C28H32ClN7O/c1-18-23(14-22-5-3-4-6-25(22)29)19(2)36-27(32-18)24(15-31-36)28(37)34-11-9-20(10-12-34)13-26-33-30-17-35(26)16-21-7-8-21/h3-6,15,17,20-21H,7-14,16H2,1-2H3. The number of nitrogens with zero attached hydrogens (tertiary/aromatic N) is 7. The van der Waals surface area contributed by atoms with Crippen molar-refractivity contribution in [3.05, 3.63) is 75.7 Å². The fraction of sp³-hybridized carbons (Fsp3) is 0.464. The second-order valence-corrected chi connectivity index (χ2v) is 11.0. The van der Waals surface area contributed by atoms with E-state index in [0.29, 0.717) is 23.5 Å². The molecule has 1 saturated carbocycles. The van der Waals surface area contributed by atoms with E-state index in [1.165, 1.54) is 12.8 Å². The average molecular weight is 518 g/mol. The number of amides is 1. The Bertz CT molecular complexity index is 1450. The van der Waals surface area contributed by atoms with Gasteiger partial charge >= 0.3 is 0 Å². The van der Waals surface area contributed by atoms with Crippen molar-refractivity contribution in [1.82, 2.24) is 34.3 Å². The first-order valence-electron chi connectivity index (χ1n) is 13.2. The lowest BCUT2D eigenvalue weighted by Crippen LogP contribution is -2.39. The summed E-state index contributed by atoms with van der Waals surface area (Å²) in [5.74, 6) is 2.41. The summed E-state index contributed by atoms with van der Waals surface area (Å²) in [6, 6.07) is 7.86. The normalized spacial score (nSPS) is 16.6. The summed E-state index contributed by atoms with van der Waals surface area (Å²) in [7, 11) is 0. The molecule has 0 N–H and O–H groups in total. The van der Waals surface area contributed by atoms with Gasteiger partial charge in [-0.2, -0.15) is 5.10 Å². The maximum Gasteiger partial charge on any atom is 0.259 e. The van der Waals surface area contributed by atoms with Crippen molar-refractivity contribution in [2.45, 2.75) is 58.9 Å². The third-order valence-electron chi connectivity index (χ3n) is 7.98. The molecule has 0 unspecified atom stereocenters. The minimum absolute atomic E-state index is 0.00973. The molecule has 9 heteroatoms. The number of carbonyl (C=O) groups excluding carboxylic acids is 1. The number of rotatable bonds is 7. The third kappa shape index (κ3) is 4.87. The van der Waals surface area contributed by atoms with Crippen LogP contribution in [-0.2, 0) is 19.4 Å². The summed E-state index contributed by atoms with van der Waals surface area (Å²) >= 11 is 6.41. The maximum absolute atomic E-state index is 13.5. The van der Waals surface area contributed by atoms with Crippen LogP contribution in [0, 0.1) is 25.7 Å². The molecule has 6 rings (SSSR count). The third-order valence-corrected chi connectivity index (χ3v) is 8.35. The Morgan fingerprint density at radius 3 is 2.62 bits per heavy atom. The van der Waals surface area contributed by atoms with Gasteiger partial charge in [-0.3, -0.25) is 4.79 Å². The van der Waals surface area contributed by atoms with Gasteiger partial charge in [0, 0.05) is 48.9 Å². The number of likely N-dealkylation sites (tertiary alicyclic amines) is 1. The van der Waals surface area contributed by atoms with Crippen molar-refractivity contribution in [3.63, 3.8) is 0 Å². The highest BCUT2D eigenvalue weighted by Crippen LogP contribution is 2.31. The zero-order valence-electron chi connectivity index (χ0n) is 21.4. The molecular formula is C28H32ClN7O. The molecule has 1 aliphatic carbocycles. The molecule has 0 bridgehead atoms. The fourth-order valence-electron chi connectivity index (χ4n) is 5.49. The van der Waals surface area contributed by atoms with Crippen LogP contribution >= 0.6 is 11.6 Å². The Labute approximate surface area is 221 Å². The minimum atomic E-state index is 0.00973. The number of halogens is 1. The van der Waals surface area contributed by atoms with Gasteiger partial charge in [-0.15, -0.1) is 10.2 Å². The second kappa shape index (κ2) is 9.89. The Hall–Kier alpha value is -3.26. The number of aromatic nitrogens is 6. The van der Waals surface area contributed by atoms with Gasteiger partial charge in [0.1, 0.15) is 17.7 Å². The summed E-state index contributed by atoms with van der Waals surface area (Å²) in [6.45, 7) is 6.54. The molecule has 0 spiro atoms. The lowest BCUT2D eigenvalue weighted by atomic mass is 9.93. The van der Waals surface area contributed by atoms with Gasteiger partial charge in [-0.05, 0) is 68.6 Å². The highest BCUT2D eigenvalue weighted by Gasteiger charge is 2.29. The molecule has 1 aliphatic heterocycles. The SMILES string of the molecule is Cc1nc2c(C(=O)N3CCC(Cc4nncn4CC4CC4)CC3)cnn2c(C)c1Cc1ccccc1Cl. The molecule has 1 aromatic carbocycles. The average Bonchev–Trinajstić information content (AvgIpc) is 3.45. The van der Waals surface area contributed by atoms with Crippen molar-refractivity contribution in [2.24, 2.45) is 11.8 Å². The predicted molar refractivity (Wildman–Crippen MR) is 142 cm³/mol. The van der Waals surface area contributed by atoms with Gasteiger partial charge in [-0.25, -0.2) is 9.50 Å². The van der Waals surface area contributed by atoms with Crippen LogP contribution in [0.15, 0.2) is 36.8 Å². The van der Waals surface area contributed by atoms with Crippen LogP contribution in [0.1, 0.15) is 64.4 Å². The van der Waals surface area contributed by atoms with Crippen LogP contribution in [0.3, 0.4) is 0 Å². The number of hydrogen-bond donors (Lipinski definition) is 0. The summed E-state index contributed by atoms with van der Waals surface area (Å²) in [4.78, 5) is 20.3. The lowest BCUT2D eigenvalue weighted by molar-refractivity contribution is 0.0691. The van der Waals surface area contributed by atoms with E-state index >= 15 is 0 Å². The molecule has 0 atom stereocenters. The molecule has 37 heavy (non-hydrogen) atoms. The van der Waals surface area contributed by atoms with Crippen molar-refractivity contribution in [1.29, 1.82) is 0 Å². The number of benzene rings is 1. The van der Waals surface area contributed by atoms with Gasteiger partial charge < -0.3 is 9.47 Å². The Kier molecular flexibility index (Phi) is 6.44. The maximum atomic E-state index is 13.5. The summed E-state index contributed by atoms with van der Waals surface area (Å²) in [6.07, 6.45) is 9.71. The highest BCUT2D eigenvalue weighted by atomic mass is 35.5. The largest absolute Gasteiger partial charge is 0.338 e. The van der Waals surface area contributed by atoms with Crippen molar-refractivity contribution < 1.29 is 4.79 Å². The quantitative estimate of drug-likeness (QED) is 0.355. The molecule has 3 aromatic heterocycles. The molecule has 2 aliphatic rings. The van der Waals surface area contributed by atoms with E-state index in [-0.39, 0.29) is 5.91 Å². The number of fused-ring (bicyclic) bond motifs is 1. The van der Waals surface area contributed by atoms with E-state index in [1.54, 1.807) is 10.7 Å². The van der Waals surface area contributed by atoms with Gasteiger partial charge in [0.25, 0.3) is 5.91 Å². The van der Waals surface area contributed by atoms with Crippen molar-refractivity contribution in [3.8, 4) is 0 Å². The van der Waals surface area contributed by atoms with Gasteiger partial charge in [0.05, 0.1) is 6.20 Å². The molecule has 2 fully saturated rings. The molecule has 8 nitrogen and oxygen atoms in total. The topological polar surface area (TPSA) is 81.2 Å². The van der Waals surface area contributed by atoms with E-state index in [0.717, 1.165) is 78.2 Å². The Balaban J connectivity index is 1.15. The van der Waals surface area contributed by atoms with Gasteiger partial charge in [-0.1, -0.05) is 29.8 Å². The number of hydrogen-bond acceptors (Lipinski definition) is 5. The summed E-state index contributed by atoms with van der Waals surface area (Å²) in [5, 5.41) is 13.8. The van der Waals surface area contributed by atoms with Crippen LogP contribution < -0.4 is 0 Å². The first-order chi connectivity index (χ1) is 18.0. The van der Waals surface area contributed by atoms with E-state index in [9.17, 15) is 4.79 Å². The Morgan fingerprint density at radius 1 is 1.08 bits per heavy atom. The molecule has 4 heterocycles. The van der Waals surface area contributed by atoms with Crippen LogP contribution in [0.5, 0.6) is 0 Å². The Morgan fingerprint density at radius 2 is 1.86 bits per heavy atom. The van der Waals surface area contributed by atoms with Crippen LogP contribution in [0.25, 0.3) is 5.65 Å². The molecule has 1 saturated heterocycles. The number of piperidine rings is 1. The molecule has 4 aromatic rings. The van der Waals surface area contributed by atoms with Crippen LogP contribution in [0.4, 0.5) is 0 Å². The number of aryl methyl sites for hydroxylation is 2. The van der Waals surface area contributed by atoms with Gasteiger partial charge in [0.2, 0.25) is 0 Å². The van der Waals surface area contributed by atoms with Crippen molar-refractivity contribution in [2.75, 3.05) is 13.1 Å². The van der Waals surface area contributed by atoms with E-state index in [2.05, 4.69) is 19.9 Å². The first-order valence-corrected chi connectivity index (χ1v) is 13.6. The predicted octanol–water partition coefficient (Wildman–Crippen LogP) is 4.69. The van der Waals surface area contributed by atoms with Crippen molar-refractivity contribution >= 4 is 23.2 Å². The fourth-order valence-corrected chi connectivity index (χ4v) is 5.69. The zero-order chi connectivity index (χ0) is 25.5. The van der Waals surface area contributed by atoms with E-state index < -0.39 is 0 Å². The monoisotopic (exact) mass is 517 g/mol. The zero-order valence-corrected chi connectivity index (χ0v) is 22.2. The molecule has 0 radical (unpaired) electrons. The van der Waals surface area contributed by atoms with Gasteiger partial charge in [0.15, 0.2) is 5.65 Å². The van der Waals surface area contributed by atoms with E-state index in [4.69, 9.17) is 16.6 Å². The van der Waals surface area contributed by atoms with Crippen LogP contribution in [0.2, 0.25) is 5.02 Å². The second-order valence-electron chi connectivity index (χ2n) is 10.6. The lowest BCUT2D eigenvalue weighted by Gasteiger charge is -2.31. The first kappa shape index (κ1) is 24.1. The smallest absolute Gasteiger partial charge is 0.259 e. The summed E-state index contributed by atoms with van der Waals surface area (Å²) < 4.78 is 4.02. The minimum Gasteiger partial charge on any atom is -0.338 e. The molecule has 1 amide bonds. The van der Waals surface area contributed by atoms with E-state index in [1.807, 2.05) is 49.3 Å². The summed E-state index contributed by atoms with van der Waals surface area (Å²) in [5.41, 5.74) is 5.20. The highest BCUT2D eigenvalue weighted by molar-refractivity contribution is 6.31.